The zero-order valence-electron chi connectivity index (χ0n) is 9.81. The summed E-state index contributed by atoms with van der Waals surface area (Å²) in [6.45, 7) is 4.86. The molecule has 1 aliphatic carbocycles. The van der Waals surface area contributed by atoms with Crippen molar-refractivity contribution >= 4 is 12.4 Å². The fourth-order valence-electron chi connectivity index (χ4n) is 2.19. The van der Waals surface area contributed by atoms with Crippen molar-refractivity contribution < 1.29 is 19.4 Å². The van der Waals surface area contributed by atoms with E-state index in [-0.39, 0.29) is 6.10 Å². The van der Waals surface area contributed by atoms with Crippen LogP contribution in [-0.4, -0.2) is 47.2 Å². The van der Waals surface area contributed by atoms with Crippen molar-refractivity contribution in [1.82, 2.24) is 4.90 Å². The normalized spacial score (nSPS) is 28.2. The van der Waals surface area contributed by atoms with Gasteiger partial charge in [-0.3, -0.25) is 4.79 Å². The number of carboxylic acids is 1. The van der Waals surface area contributed by atoms with Crippen LogP contribution in [0.15, 0.2) is 0 Å². The second kappa shape index (κ2) is 5.30. The van der Waals surface area contributed by atoms with Gasteiger partial charge in [0, 0.05) is 26.0 Å². The van der Waals surface area contributed by atoms with Gasteiger partial charge in [0.2, 0.25) is 6.41 Å². The van der Waals surface area contributed by atoms with Crippen LogP contribution >= 0.6 is 0 Å². The summed E-state index contributed by atoms with van der Waals surface area (Å²) in [7, 11) is 0. The largest absolute Gasteiger partial charge is 0.479 e. The average molecular weight is 229 g/mol. The molecule has 1 saturated carbocycles. The quantitative estimate of drug-likeness (QED) is 0.658. The van der Waals surface area contributed by atoms with E-state index in [9.17, 15) is 14.7 Å². The van der Waals surface area contributed by atoms with Crippen molar-refractivity contribution in [3.05, 3.63) is 0 Å². The first kappa shape index (κ1) is 13.0. The standard InChI is InChI=1S/C11H19NO4/c1-3-5-12(8-13)11(10(14)15)6-9(7-11)16-4-2/h8-9H,3-7H2,1-2H3,(H,14,15). The Bertz CT molecular complexity index is 261. The third kappa shape index (κ3) is 2.19. The predicted molar refractivity (Wildman–Crippen MR) is 58.1 cm³/mol. The molecule has 0 aliphatic heterocycles. The number of ether oxygens (including phenoxy) is 1. The van der Waals surface area contributed by atoms with Gasteiger partial charge in [0.1, 0.15) is 5.54 Å². The highest BCUT2D eigenvalue weighted by molar-refractivity contribution is 5.83. The maximum absolute atomic E-state index is 11.3. The molecule has 0 atom stereocenters. The molecule has 1 rings (SSSR count). The Kier molecular flexibility index (Phi) is 4.29. The molecular weight excluding hydrogens is 210 g/mol. The molecule has 16 heavy (non-hydrogen) atoms. The van der Waals surface area contributed by atoms with Crippen molar-refractivity contribution in [3.8, 4) is 0 Å². The van der Waals surface area contributed by atoms with Gasteiger partial charge in [-0.05, 0) is 13.3 Å². The van der Waals surface area contributed by atoms with E-state index < -0.39 is 11.5 Å². The van der Waals surface area contributed by atoms with Gasteiger partial charge in [-0.15, -0.1) is 0 Å². The zero-order valence-corrected chi connectivity index (χ0v) is 9.81. The number of carbonyl (C=O) groups is 2. The third-order valence-electron chi connectivity index (χ3n) is 3.07. The Morgan fingerprint density at radius 3 is 2.56 bits per heavy atom. The Labute approximate surface area is 95.4 Å². The molecule has 1 N–H and O–H groups in total. The Morgan fingerprint density at radius 1 is 1.56 bits per heavy atom. The molecule has 5 heteroatoms. The van der Waals surface area contributed by atoms with Gasteiger partial charge in [-0.25, -0.2) is 4.79 Å². The number of hydrogen-bond acceptors (Lipinski definition) is 3. The topological polar surface area (TPSA) is 66.8 Å². The summed E-state index contributed by atoms with van der Waals surface area (Å²) >= 11 is 0. The van der Waals surface area contributed by atoms with Crippen molar-refractivity contribution in [2.45, 2.75) is 44.8 Å². The average Bonchev–Trinajstić information content (AvgIpc) is 2.19. The number of aliphatic carboxylic acids is 1. The van der Waals surface area contributed by atoms with E-state index in [1.807, 2.05) is 13.8 Å². The van der Waals surface area contributed by atoms with Gasteiger partial charge >= 0.3 is 5.97 Å². The lowest BCUT2D eigenvalue weighted by Gasteiger charge is -2.49. The van der Waals surface area contributed by atoms with Crippen LogP contribution in [0.25, 0.3) is 0 Å². The van der Waals surface area contributed by atoms with E-state index in [4.69, 9.17) is 4.74 Å². The van der Waals surface area contributed by atoms with E-state index in [2.05, 4.69) is 0 Å². The van der Waals surface area contributed by atoms with E-state index >= 15 is 0 Å². The third-order valence-corrected chi connectivity index (χ3v) is 3.07. The van der Waals surface area contributed by atoms with E-state index in [0.29, 0.717) is 32.4 Å². The lowest BCUT2D eigenvalue weighted by molar-refractivity contribution is -0.175. The van der Waals surface area contributed by atoms with Crippen LogP contribution in [0.4, 0.5) is 0 Å². The summed E-state index contributed by atoms with van der Waals surface area (Å²) in [5.74, 6) is -0.927. The smallest absolute Gasteiger partial charge is 0.329 e. The minimum absolute atomic E-state index is 0.0274. The zero-order chi connectivity index (χ0) is 12.2. The number of amides is 1. The highest BCUT2D eigenvalue weighted by atomic mass is 16.5. The first-order valence-corrected chi connectivity index (χ1v) is 5.67. The van der Waals surface area contributed by atoms with Gasteiger partial charge in [-0.2, -0.15) is 0 Å². The predicted octanol–water partition coefficient (Wildman–Crippen LogP) is 0.877. The number of carboxylic acid groups (broad SMARTS) is 1. The second-order valence-electron chi connectivity index (χ2n) is 4.12. The lowest BCUT2D eigenvalue weighted by Crippen LogP contribution is -2.64. The molecule has 0 spiro atoms. The minimum Gasteiger partial charge on any atom is -0.479 e. The van der Waals surface area contributed by atoms with Crippen molar-refractivity contribution in [2.24, 2.45) is 0 Å². The van der Waals surface area contributed by atoms with E-state index in [1.54, 1.807) is 0 Å². The molecular formula is C11H19NO4. The minimum atomic E-state index is -1.03. The summed E-state index contributed by atoms with van der Waals surface area (Å²) in [4.78, 5) is 23.6. The molecule has 0 bridgehead atoms. The van der Waals surface area contributed by atoms with Crippen LogP contribution in [0.2, 0.25) is 0 Å². The molecule has 0 saturated heterocycles. The monoisotopic (exact) mass is 229 g/mol. The molecule has 0 heterocycles. The number of carbonyl (C=O) groups excluding carboxylic acids is 1. The van der Waals surface area contributed by atoms with Crippen LogP contribution in [0.5, 0.6) is 0 Å². The van der Waals surface area contributed by atoms with Crippen molar-refractivity contribution in [3.63, 3.8) is 0 Å². The van der Waals surface area contributed by atoms with E-state index in [0.717, 1.165) is 6.42 Å². The van der Waals surface area contributed by atoms with Crippen LogP contribution in [0.3, 0.4) is 0 Å². The Balaban J connectivity index is 2.69. The summed E-state index contributed by atoms with van der Waals surface area (Å²) < 4.78 is 5.35. The molecule has 1 amide bonds. The summed E-state index contributed by atoms with van der Waals surface area (Å²) in [5, 5.41) is 9.24. The summed E-state index contributed by atoms with van der Waals surface area (Å²) in [6, 6.07) is 0. The van der Waals surface area contributed by atoms with Crippen LogP contribution < -0.4 is 0 Å². The molecule has 0 unspecified atom stereocenters. The van der Waals surface area contributed by atoms with Crippen LogP contribution in [0, 0.1) is 0 Å². The summed E-state index contributed by atoms with van der Waals surface area (Å²) in [6.07, 6.45) is 2.16. The van der Waals surface area contributed by atoms with Gasteiger partial charge in [0.15, 0.2) is 0 Å². The maximum Gasteiger partial charge on any atom is 0.329 e. The highest BCUT2D eigenvalue weighted by Crippen LogP contribution is 2.39. The number of rotatable bonds is 7. The first-order valence-electron chi connectivity index (χ1n) is 5.67. The number of hydrogen-bond donors (Lipinski definition) is 1. The van der Waals surface area contributed by atoms with Gasteiger partial charge < -0.3 is 14.7 Å². The molecule has 92 valence electrons. The number of nitrogens with zero attached hydrogens (tertiary/aromatic N) is 1. The van der Waals surface area contributed by atoms with Crippen molar-refractivity contribution in [1.29, 1.82) is 0 Å². The van der Waals surface area contributed by atoms with Gasteiger partial charge in [0.25, 0.3) is 0 Å². The maximum atomic E-state index is 11.3. The second-order valence-corrected chi connectivity index (χ2v) is 4.12. The molecule has 0 aromatic rings. The van der Waals surface area contributed by atoms with Gasteiger partial charge in [0.05, 0.1) is 6.10 Å². The lowest BCUT2D eigenvalue weighted by atomic mass is 9.73. The Morgan fingerprint density at radius 2 is 2.19 bits per heavy atom. The molecule has 1 fully saturated rings. The van der Waals surface area contributed by atoms with Crippen LogP contribution in [-0.2, 0) is 14.3 Å². The molecule has 0 aromatic carbocycles. The van der Waals surface area contributed by atoms with Crippen molar-refractivity contribution in [2.75, 3.05) is 13.2 Å². The van der Waals surface area contributed by atoms with Gasteiger partial charge in [-0.1, -0.05) is 6.92 Å². The fraction of sp³-hybridized carbons (Fsp3) is 0.818. The summed E-state index contributed by atoms with van der Waals surface area (Å²) in [5.41, 5.74) is -1.03. The van der Waals surface area contributed by atoms with E-state index in [1.165, 1.54) is 4.90 Å². The van der Waals surface area contributed by atoms with Crippen LogP contribution in [0.1, 0.15) is 33.1 Å². The highest BCUT2D eigenvalue weighted by Gasteiger charge is 2.54. The molecule has 0 radical (unpaired) electrons. The fourth-order valence-corrected chi connectivity index (χ4v) is 2.19. The molecule has 0 aromatic heterocycles. The first-order chi connectivity index (χ1) is 7.60. The molecule has 1 aliphatic rings. The Hall–Kier alpha value is -1.10. The molecule has 5 nitrogen and oxygen atoms in total. The SMILES string of the molecule is CCCN(C=O)C1(C(=O)O)CC(OCC)C1.